The van der Waals surface area contributed by atoms with Gasteiger partial charge in [0.25, 0.3) is 0 Å². The number of nitrogens with zero attached hydrogens (tertiary/aromatic N) is 3. The molecule has 0 amide bonds. The lowest BCUT2D eigenvalue weighted by molar-refractivity contribution is 0.776. The molecule has 0 saturated carbocycles. The van der Waals surface area contributed by atoms with Crippen molar-refractivity contribution in [2.24, 2.45) is 7.05 Å². The Kier molecular flexibility index (Phi) is 2.45. The zero-order valence-corrected chi connectivity index (χ0v) is 10.6. The van der Waals surface area contributed by atoms with Crippen LogP contribution >= 0.6 is 27.3 Å². The molecule has 2 rings (SSSR count). The van der Waals surface area contributed by atoms with Crippen LogP contribution in [0.1, 0.15) is 10.7 Å². The molecule has 0 saturated heterocycles. The number of rotatable bonds is 1. The summed E-state index contributed by atoms with van der Waals surface area (Å²) < 4.78 is 2.89. The summed E-state index contributed by atoms with van der Waals surface area (Å²) in [5, 5.41) is 5.28. The van der Waals surface area contributed by atoms with Crippen molar-refractivity contribution in [1.29, 1.82) is 0 Å². The summed E-state index contributed by atoms with van der Waals surface area (Å²) in [6, 6.07) is 0. The predicted molar refractivity (Wildman–Crippen MR) is 61.5 cm³/mol. The average Bonchev–Trinajstić information content (AvgIpc) is 2.57. The van der Waals surface area contributed by atoms with Gasteiger partial charge >= 0.3 is 0 Å². The van der Waals surface area contributed by atoms with Crippen LogP contribution in [0.5, 0.6) is 0 Å². The summed E-state index contributed by atoms with van der Waals surface area (Å²) in [7, 11) is 1.94. The Morgan fingerprint density at radius 3 is 2.57 bits per heavy atom. The van der Waals surface area contributed by atoms with Crippen molar-refractivity contribution in [2.45, 2.75) is 13.8 Å². The highest BCUT2D eigenvalue weighted by molar-refractivity contribution is 9.10. The van der Waals surface area contributed by atoms with Gasteiger partial charge < -0.3 is 0 Å². The van der Waals surface area contributed by atoms with Crippen molar-refractivity contribution in [3.8, 4) is 10.6 Å². The van der Waals surface area contributed by atoms with E-state index in [1.165, 1.54) is 4.88 Å². The fourth-order valence-electron chi connectivity index (χ4n) is 1.42. The van der Waals surface area contributed by atoms with Crippen LogP contribution in [0.3, 0.4) is 0 Å². The number of hydrogen-bond donors (Lipinski definition) is 0. The molecule has 0 fully saturated rings. The summed E-state index contributed by atoms with van der Waals surface area (Å²) in [5.74, 6) is 0. The van der Waals surface area contributed by atoms with Gasteiger partial charge in [-0.25, -0.2) is 4.98 Å². The standard InChI is InChI=1S/C9H10BrN3S/c1-5-9(14-6(2)12-5)8-7(10)4-11-13(8)3/h4H,1-3H3. The molecule has 2 aromatic rings. The van der Waals surface area contributed by atoms with Crippen molar-refractivity contribution in [2.75, 3.05) is 0 Å². The molecule has 0 spiro atoms. The van der Waals surface area contributed by atoms with E-state index in [1.807, 2.05) is 31.8 Å². The molecular weight excluding hydrogens is 262 g/mol. The first-order valence-electron chi connectivity index (χ1n) is 4.21. The first-order chi connectivity index (χ1) is 6.59. The Balaban J connectivity index is 2.65. The molecule has 3 nitrogen and oxygen atoms in total. The van der Waals surface area contributed by atoms with E-state index in [2.05, 4.69) is 26.0 Å². The quantitative estimate of drug-likeness (QED) is 0.799. The second-order valence-electron chi connectivity index (χ2n) is 3.11. The van der Waals surface area contributed by atoms with Crippen LogP contribution in [0.4, 0.5) is 0 Å². The number of halogens is 1. The van der Waals surface area contributed by atoms with E-state index >= 15 is 0 Å². The van der Waals surface area contributed by atoms with Crippen LogP contribution in [0, 0.1) is 13.8 Å². The molecule has 0 unspecified atom stereocenters. The van der Waals surface area contributed by atoms with E-state index in [1.54, 1.807) is 11.3 Å². The van der Waals surface area contributed by atoms with Crippen molar-refractivity contribution in [1.82, 2.24) is 14.8 Å². The molecule has 5 heteroatoms. The minimum Gasteiger partial charge on any atom is -0.266 e. The normalized spacial score (nSPS) is 10.9. The van der Waals surface area contributed by atoms with Gasteiger partial charge in [0.05, 0.1) is 31.9 Å². The van der Waals surface area contributed by atoms with E-state index in [0.717, 1.165) is 20.9 Å². The maximum atomic E-state index is 4.41. The van der Waals surface area contributed by atoms with Gasteiger partial charge in [-0.2, -0.15) is 5.10 Å². The van der Waals surface area contributed by atoms with Crippen LogP contribution < -0.4 is 0 Å². The third kappa shape index (κ3) is 1.50. The Bertz CT molecular complexity index is 453. The maximum absolute atomic E-state index is 4.41. The molecule has 0 aliphatic rings. The predicted octanol–water partition coefficient (Wildman–Crippen LogP) is 2.92. The number of hydrogen-bond acceptors (Lipinski definition) is 3. The second kappa shape index (κ2) is 3.47. The first kappa shape index (κ1) is 9.86. The molecule has 0 bridgehead atoms. The third-order valence-corrected chi connectivity index (χ3v) is 3.67. The van der Waals surface area contributed by atoms with E-state index in [0.29, 0.717) is 0 Å². The Labute approximate surface area is 94.9 Å². The van der Waals surface area contributed by atoms with Crippen molar-refractivity contribution >= 4 is 27.3 Å². The summed E-state index contributed by atoms with van der Waals surface area (Å²) in [5.41, 5.74) is 2.17. The lowest BCUT2D eigenvalue weighted by Gasteiger charge is -1.99. The summed E-state index contributed by atoms with van der Waals surface area (Å²) in [4.78, 5) is 5.60. The number of aromatic nitrogens is 3. The van der Waals surface area contributed by atoms with Crippen LogP contribution in [0.25, 0.3) is 10.6 Å². The van der Waals surface area contributed by atoms with Gasteiger partial charge in [-0.3, -0.25) is 4.68 Å². The van der Waals surface area contributed by atoms with E-state index in [-0.39, 0.29) is 0 Å². The van der Waals surface area contributed by atoms with Crippen molar-refractivity contribution in [3.05, 3.63) is 21.4 Å². The van der Waals surface area contributed by atoms with Crippen LogP contribution in [0.15, 0.2) is 10.7 Å². The molecule has 0 N–H and O–H groups in total. The van der Waals surface area contributed by atoms with Gasteiger partial charge in [-0.05, 0) is 29.8 Å². The summed E-state index contributed by atoms with van der Waals surface area (Å²) >= 11 is 5.19. The van der Waals surface area contributed by atoms with Gasteiger partial charge in [0, 0.05) is 7.05 Å². The Morgan fingerprint density at radius 2 is 2.14 bits per heavy atom. The molecule has 2 aromatic heterocycles. The molecule has 0 aliphatic heterocycles. The largest absolute Gasteiger partial charge is 0.266 e. The van der Waals surface area contributed by atoms with Gasteiger partial charge in [-0.1, -0.05) is 0 Å². The third-order valence-electron chi connectivity index (χ3n) is 2.01. The molecule has 74 valence electrons. The van der Waals surface area contributed by atoms with E-state index < -0.39 is 0 Å². The van der Waals surface area contributed by atoms with Crippen LogP contribution in [-0.2, 0) is 7.05 Å². The van der Waals surface area contributed by atoms with Crippen LogP contribution in [0.2, 0.25) is 0 Å². The molecule has 0 radical (unpaired) electrons. The Morgan fingerprint density at radius 1 is 1.43 bits per heavy atom. The van der Waals surface area contributed by atoms with Gasteiger partial charge in [0.15, 0.2) is 0 Å². The highest BCUT2D eigenvalue weighted by atomic mass is 79.9. The summed E-state index contributed by atoms with van der Waals surface area (Å²) in [6.45, 7) is 4.05. The maximum Gasteiger partial charge on any atom is 0.0940 e. The molecule has 0 atom stereocenters. The molecule has 0 aromatic carbocycles. The van der Waals surface area contributed by atoms with Gasteiger partial charge in [0.1, 0.15) is 0 Å². The zero-order valence-electron chi connectivity index (χ0n) is 8.21. The minimum absolute atomic E-state index is 1.02. The Hall–Kier alpha value is -0.680. The highest BCUT2D eigenvalue weighted by Gasteiger charge is 2.14. The van der Waals surface area contributed by atoms with Gasteiger partial charge in [0.2, 0.25) is 0 Å². The molecule has 14 heavy (non-hydrogen) atoms. The second-order valence-corrected chi connectivity index (χ2v) is 5.17. The smallest absolute Gasteiger partial charge is 0.0940 e. The first-order valence-corrected chi connectivity index (χ1v) is 5.82. The van der Waals surface area contributed by atoms with Crippen molar-refractivity contribution in [3.63, 3.8) is 0 Å². The lowest BCUT2D eigenvalue weighted by Crippen LogP contribution is -1.93. The fourth-order valence-corrected chi connectivity index (χ4v) is 3.10. The SMILES string of the molecule is Cc1nc(C)c(-c2c(Br)cnn2C)s1. The van der Waals surface area contributed by atoms with Crippen LogP contribution in [-0.4, -0.2) is 14.8 Å². The zero-order chi connectivity index (χ0) is 10.3. The molecular formula is C9H10BrN3S. The summed E-state index contributed by atoms with van der Waals surface area (Å²) in [6.07, 6.45) is 1.81. The topological polar surface area (TPSA) is 30.7 Å². The van der Waals surface area contributed by atoms with E-state index in [9.17, 15) is 0 Å². The highest BCUT2D eigenvalue weighted by Crippen LogP contribution is 2.34. The number of aryl methyl sites for hydroxylation is 3. The number of thiazole rings is 1. The monoisotopic (exact) mass is 271 g/mol. The average molecular weight is 272 g/mol. The fraction of sp³-hybridized carbons (Fsp3) is 0.333. The molecule has 2 heterocycles. The lowest BCUT2D eigenvalue weighted by atomic mass is 10.3. The van der Waals surface area contributed by atoms with Crippen molar-refractivity contribution < 1.29 is 0 Å². The minimum atomic E-state index is 1.02. The van der Waals surface area contributed by atoms with Gasteiger partial charge in [-0.15, -0.1) is 11.3 Å². The molecule has 0 aliphatic carbocycles. The van der Waals surface area contributed by atoms with E-state index in [4.69, 9.17) is 0 Å².